The van der Waals surface area contributed by atoms with Crippen LogP contribution in [-0.4, -0.2) is 10.8 Å². The topological polar surface area (TPSA) is 85.4 Å². The van der Waals surface area contributed by atoms with Crippen molar-refractivity contribution in [1.82, 2.24) is 0 Å². The highest BCUT2D eigenvalue weighted by molar-refractivity contribution is 6.02. The maximum Gasteiger partial charge on any atom is 0.291 e. The smallest absolute Gasteiger partial charge is 0.291 e. The van der Waals surface area contributed by atoms with Crippen LogP contribution in [-0.2, 0) is 0 Å². The Bertz CT molecular complexity index is 915. The molecule has 0 radical (unpaired) electrons. The zero-order chi connectivity index (χ0) is 17.1. The average Bonchev–Trinajstić information content (AvgIpc) is 3.05. The number of rotatable bonds is 4. The number of amides is 1. The molecule has 1 heterocycles. The van der Waals surface area contributed by atoms with E-state index >= 15 is 0 Å². The molecule has 0 atom stereocenters. The van der Waals surface area contributed by atoms with Crippen molar-refractivity contribution < 1.29 is 14.1 Å². The van der Waals surface area contributed by atoms with Crippen molar-refractivity contribution in [2.75, 3.05) is 5.32 Å². The van der Waals surface area contributed by atoms with Crippen molar-refractivity contribution in [1.29, 1.82) is 0 Å². The number of nitrogens with one attached hydrogen (secondary N) is 1. The molecule has 6 heteroatoms. The van der Waals surface area contributed by atoms with Gasteiger partial charge < -0.3 is 9.73 Å². The van der Waals surface area contributed by atoms with E-state index in [0.29, 0.717) is 17.0 Å². The number of anilines is 1. The van der Waals surface area contributed by atoms with Crippen molar-refractivity contribution in [2.24, 2.45) is 0 Å². The number of hydrogen-bond donors (Lipinski definition) is 1. The Morgan fingerprint density at radius 3 is 2.62 bits per heavy atom. The Hall–Kier alpha value is -3.41. The Morgan fingerprint density at radius 2 is 1.88 bits per heavy atom. The highest BCUT2D eigenvalue weighted by Gasteiger charge is 2.14. The van der Waals surface area contributed by atoms with E-state index in [9.17, 15) is 14.9 Å². The van der Waals surface area contributed by atoms with Crippen molar-refractivity contribution in [3.63, 3.8) is 0 Å². The van der Waals surface area contributed by atoms with Crippen molar-refractivity contribution in [3.8, 4) is 11.3 Å². The summed E-state index contributed by atoms with van der Waals surface area (Å²) in [6.07, 6.45) is 0. The number of benzene rings is 2. The van der Waals surface area contributed by atoms with Crippen LogP contribution in [0.5, 0.6) is 0 Å². The van der Waals surface area contributed by atoms with Gasteiger partial charge in [0, 0.05) is 23.4 Å². The maximum absolute atomic E-state index is 12.2. The quantitative estimate of drug-likeness (QED) is 0.569. The monoisotopic (exact) mass is 322 g/mol. The zero-order valence-electron chi connectivity index (χ0n) is 12.9. The van der Waals surface area contributed by atoms with Crippen LogP contribution in [0.1, 0.15) is 16.1 Å². The van der Waals surface area contributed by atoms with Crippen LogP contribution in [0, 0.1) is 17.0 Å². The lowest BCUT2D eigenvalue weighted by molar-refractivity contribution is -0.384. The predicted octanol–water partition coefficient (Wildman–Crippen LogP) is 4.42. The van der Waals surface area contributed by atoms with Gasteiger partial charge in [-0.3, -0.25) is 14.9 Å². The van der Waals surface area contributed by atoms with E-state index in [1.807, 2.05) is 25.1 Å². The summed E-state index contributed by atoms with van der Waals surface area (Å²) in [6, 6.07) is 16.6. The molecule has 0 bridgehead atoms. The van der Waals surface area contributed by atoms with Gasteiger partial charge in [0.25, 0.3) is 11.6 Å². The third-order valence-electron chi connectivity index (χ3n) is 3.45. The molecule has 0 saturated carbocycles. The first-order chi connectivity index (χ1) is 11.5. The van der Waals surface area contributed by atoms with Gasteiger partial charge in [-0.05, 0) is 36.8 Å². The largest absolute Gasteiger partial charge is 0.451 e. The van der Waals surface area contributed by atoms with Crippen molar-refractivity contribution in [2.45, 2.75) is 6.92 Å². The number of furan rings is 1. The van der Waals surface area contributed by atoms with Crippen LogP contribution < -0.4 is 5.32 Å². The lowest BCUT2D eigenvalue weighted by Crippen LogP contribution is -2.10. The molecule has 3 aromatic rings. The van der Waals surface area contributed by atoms with Crippen LogP contribution in [0.4, 0.5) is 11.4 Å². The minimum absolute atomic E-state index is 0.0327. The number of nitro groups is 1. The fraction of sp³-hybridized carbons (Fsp3) is 0.0556. The predicted molar refractivity (Wildman–Crippen MR) is 89.9 cm³/mol. The van der Waals surface area contributed by atoms with Gasteiger partial charge in [0.15, 0.2) is 5.76 Å². The molecule has 1 N–H and O–H groups in total. The highest BCUT2D eigenvalue weighted by atomic mass is 16.6. The SMILES string of the molecule is Cc1cccc(NC(=O)c2ccc(-c3cccc([N+](=O)[O-])c3)o2)c1. The van der Waals surface area contributed by atoms with Gasteiger partial charge in [-0.15, -0.1) is 0 Å². The number of hydrogen-bond acceptors (Lipinski definition) is 4. The molecule has 0 fully saturated rings. The number of carbonyl (C=O) groups excluding carboxylic acids is 1. The number of nitrogens with zero attached hydrogens (tertiary/aromatic N) is 1. The molecule has 0 saturated heterocycles. The van der Waals surface area contributed by atoms with Gasteiger partial charge in [0.1, 0.15) is 5.76 Å². The van der Waals surface area contributed by atoms with Gasteiger partial charge in [-0.25, -0.2) is 0 Å². The summed E-state index contributed by atoms with van der Waals surface area (Å²) in [5.41, 5.74) is 2.21. The zero-order valence-corrected chi connectivity index (χ0v) is 12.9. The molecule has 24 heavy (non-hydrogen) atoms. The summed E-state index contributed by atoms with van der Waals surface area (Å²) in [6.45, 7) is 1.93. The van der Waals surface area contributed by atoms with Gasteiger partial charge in [-0.2, -0.15) is 0 Å². The molecule has 0 aliphatic carbocycles. The molecule has 120 valence electrons. The minimum atomic E-state index is -0.474. The number of carbonyl (C=O) groups is 1. The van der Waals surface area contributed by atoms with E-state index in [0.717, 1.165) is 5.56 Å². The van der Waals surface area contributed by atoms with Gasteiger partial charge in [-0.1, -0.05) is 24.3 Å². The molecular formula is C18H14N2O4. The molecule has 0 unspecified atom stereocenters. The van der Waals surface area contributed by atoms with E-state index < -0.39 is 4.92 Å². The van der Waals surface area contributed by atoms with E-state index in [1.54, 1.807) is 30.3 Å². The lowest BCUT2D eigenvalue weighted by Gasteiger charge is -2.04. The minimum Gasteiger partial charge on any atom is -0.451 e. The van der Waals surface area contributed by atoms with E-state index in [2.05, 4.69) is 5.32 Å². The standard InChI is InChI=1S/C18H14N2O4/c1-12-4-2-6-14(10-12)19-18(21)17-9-8-16(24-17)13-5-3-7-15(11-13)20(22)23/h2-11H,1H3,(H,19,21). The van der Waals surface area contributed by atoms with Crippen LogP contribution in [0.15, 0.2) is 65.1 Å². The molecule has 0 aliphatic heterocycles. The first kappa shape index (κ1) is 15.5. The van der Waals surface area contributed by atoms with Crippen LogP contribution >= 0.6 is 0 Å². The fourth-order valence-corrected chi connectivity index (χ4v) is 2.30. The second kappa shape index (κ2) is 6.37. The molecule has 3 rings (SSSR count). The average molecular weight is 322 g/mol. The molecule has 2 aromatic carbocycles. The summed E-state index contributed by atoms with van der Waals surface area (Å²) in [4.78, 5) is 22.6. The molecule has 6 nitrogen and oxygen atoms in total. The second-order valence-corrected chi connectivity index (χ2v) is 5.29. The van der Waals surface area contributed by atoms with E-state index in [4.69, 9.17) is 4.42 Å². The highest BCUT2D eigenvalue weighted by Crippen LogP contribution is 2.26. The Morgan fingerprint density at radius 1 is 1.08 bits per heavy atom. The van der Waals surface area contributed by atoms with Crippen LogP contribution in [0.2, 0.25) is 0 Å². The summed E-state index contributed by atoms with van der Waals surface area (Å²) >= 11 is 0. The van der Waals surface area contributed by atoms with Gasteiger partial charge in [0.2, 0.25) is 0 Å². The fourth-order valence-electron chi connectivity index (χ4n) is 2.30. The third-order valence-corrected chi connectivity index (χ3v) is 3.45. The maximum atomic E-state index is 12.2. The number of nitro benzene ring substituents is 1. The van der Waals surface area contributed by atoms with Crippen LogP contribution in [0.3, 0.4) is 0 Å². The molecule has 1 amide bonds. The first-order valence-corrected chi connectivity index (χ1v) is 7.25. The molecule has 1 aromatic heterocycles. The summed E-state index contributed by atoms with van der Waals surface area (Å²) in [5, 5.41) is 13.6. The molecule has 0 spiro atoms. The lowest BCUT2D eigenvalue weighted by atomic mass is 10.1. The number of aryl methyl sites for hydroxylation is 1. The summed E-state index contributed by atoms with van der Waals surface area (Å²) in [5.74, 6) is 0.156. The normalized spacial score (nSPS) is 10.4. The summed E-state index contributed by atoms with van der Waals surface area (Å²) in [7, 11) is 0. The van der Waals surface area contributed by atoms with E-state index in [-0.39, 0.29) is 17.4 Å². The van der Waals surface area contributed by atoms with Crippen molar-refractivity contribution >= 4 is 17.3 Å². The first-order valence-electron chi connectivity index (χ1n) is 7.25. The van der Waals surface area contributed by atoms with Gasteiger partial charge >= 0.3 is 0 Å². The van der Waals surface area contributed by atoms with E-state index in [1.165, 1.54) is 12.1 Å². The second-order valence-electron chi connectivity index (χ2n) is 5.29. The summed E-state index contributed by atoms with van der Waals surface area (Å²) < 4.78 is 5.53. The number of non-ortho nitro benzene ring substituents is 1. The Labute approximate surface area is 137 Å². The van der Waals surface area contributed by atoms with Crippen molar-refractivity contribution in [3.05, 3.63) is 82.1 Å². The molecule has 0 aliphatic rings. The van der Waals surface area contributed by atoms with Gasteiger partial charge in [0.05, 0.1) is 4.92 Å². The van der Waals surface area contributed by atoms with Crippen LogP contribution in [0.25, 0.3) is 11.3 Å². The third kappa shape index (κ3) is 3.33. The Balaban J connectivity index is 1.81. The Kier molecular flexibility index (Phi) is 4.11. The molecular weight excluding hydrogens is 308 g/mol.